The maximum absolute atomic E-state index is 12.4. The van der Waals surface area contributed by atoms with E-state index in [9.17, 15) is 9.59 Å². The SMILES string of the molecule is CCc1cc(C(=O)c2ccccc2)ccc1OOC(C)=O. The predicted octanol–water partition coefficient (Wildman–Crippen LogP) is 3.34. The molecule has 0 heterocycles. The molecule has 0 fully saturated rings. The fourth-order valence-electron chi connectivity index (χ4n) is 1.94. The van der Waals surface area contributed by atoms with Crippen molar-refractivity contribution in [1.82, 2.24) is 0 Å². The topological polar surface area (TPSA) is 52.6 Å². The van der Waals surface area contributed by atoms with Crippen LogP contribution in [0.3, 0.4) is 0 Å². The minimum absolute atomic E-state index is 0.0515. The van der Waals surface area contributed by atoms with E-state index in [1.54, 1.807) is 30.3 Å². The molecule has 0 aliphatic carbocycles. The van der Waals surface area contributed by atoms with Gasteiger partial charge in [0.1, 0.15) is 0 Å². The van der Waals surface area contributed by atoms with Crippen LogP contribution in [0.5, 0.6) is 5.75 Å². The van der Waals surface area contributed by atoms with Gasteiger partial charge in [-0.25, -0.2) is 4.79 Å². The molecule has 0 bridgehead atoms. The lowest BCUT2D eigenvalue weighted by Gasteiger charge is -2.09. The van der Waals surface area contributed by atoms with Gasteiger partial charge in [0, 0.05) is 18.1 Å². The van der Waals surface area contributed by atoms with Crippen molar-refractivity contribution in [2.75, 3.05) is 0 Å². The molecule has 2 rings (SSSR count). The molecule has 0 aliphatic rings. The van der Waals surface area contributed by atoms with E-state index < -0.39 is 5.97 Å². The Morgan fingerprint density at radius 3 is 2.33 bits per heavy atom. The summed E-state index contributed by atoms with van der Waals surface area (Å²) in [5, 5.41) is 0. The number of hydrogen-bond donors (Lipinski definition) is 0. The first-order chi connectivity index (χ1) is 10.1. The molecule has 2 aromatic carbocycles. The molecule has 0 unspecified atom stereocenters. The van der Waals surface area contributed by atoms with Gasteiger partial charge in [0.05, 0.1) is 0 Å². The summed E-state index contributed by atoms with van der Waals surface area (Å²) < 4.78 is 0. The summed E-state index contributed by atoms with van der Waals surface area (Å²) in [5.74, 6) is -0.136. The second-order valence-corrected chi connectivity index (χ2v) is 4.53. The lowest BCUT2D eigenvalue weighted by Crippen LogP contribution is -2.06. The molecule has 0 radical (unpaired) electrons. The Bertz CT molecular complexity index is 647. The first-order valence-electron chi connectivity index (χ1n) is 6.69. The van der Waals surface area contributed by atoms with Crippen LogP contribution >= 0.6 is 0 Å². The average molecular weight is 284 g/mol. The van der Waals surface area contributed by atoms with Crippen LogP contribution in [0.2, 0.25) is 0 Å². The Morgan fingerprint density at radius 1 is 1.00 bits per heavy atom. The van der Waals surface area contributed by atoms with Gasteiger partial charge < -0.3 is 0 Å². The van der Waals surface area contributed by atoms with Gasteiger partial charge in [-0.3, -0.25) is 14.6 Å². The number of rotatable bonds is 5. The minimum atomic E-state index is -0.526. The van der Waals surface area contributed by atoms with Crippen LogP contribution in [0.25, 0.3) is 0 Å². The van der Waals surface area contributed by atoms with Gasteiger partial charge in [0.2, 0.25) is 0 Å². The summed E-state index contributed by atoms with van der Waals surface area (Å²) in [6.45, 7) is 3.20. The van der Waals surface area contributed by atoms with Gasteiger partial charge in [0.15, 0.2) is 11.5 Å². The van der Waals surface area contributed by atoms with Gasteiger partial charge in [-0.05, 0) is 30.2 Å². The summed E-state index contributed by atoms with van der Waals surface area (Å²) in [6, 6.07) is 14.1. The van der Waals surface area contributed by atoms with Crippen LogP contribution in [0.15, 0.2) is 48.5 Å². The van der Waals surface area contributed by atoms with Crippen molar-refractivity contribution < 1.29 is 19.4 Å². The molecule has 0 aromatic heterocycles. The molecule has 4 heteroatoms. The van der Waals surface area contributed by atoms with Gasteiger partial charge in [-0.2, -0.15) is 0 Å². The van der Waals surface area contributed by atoms with Crippen LogP contribution in [0, 0.1) is 0 Å². The van der Waals surface area contributed by atoms with Crippen LogP contribution in [0.4, 0.5) is 0 Å². The van der Waals surface area contributed by atoms with E-state index in [1.165, 1.54) is 6.92 Å². The fourth-order valence-corrected chi connectivity index (χ4v) is 1.94. The number of ketones is 1. The van der Waals surface area contributed by atoms with E-state index in [0.29, 0.717) is 23.3 Å². The highest BCUT2D eigenvalue weighted by molar-refractivity contribution is 6.09. The predicted molar refractivity (Wildman–Crippen MR) is 78.1 cm³/mol. The van der Waals surface area contributed by atoms with Crippen molar-refractivity contribution in [3.63, 3.8) is 0 Å². The number of carbonyl (C=O) groups is 2. The standard InChI is InChI=1S/C17H16O4/c1-3-13-11-15(9-10-16(13)21-20-12(2)18)17(19)14-7-5-4-6-8-14/h4-11H,3H2,1-2H3. The minimum Gasteiger partial charge on any atom is -0.289 e. The van der Waals surface area contributed by atoms with E-state index in [0.717, 1.165) is 5.56 Å². The van der Waals surface area contributed by atoms with Gasteiger partial charge in [-0.15, -0.1) is 0 Å². The Kier molecular flexibility index (Phi) is 4.72. The number of hydrogen-bond acceptors (Lipinski definition) is 4. The van der Waals surface area contributed by atoms with Gasteiger partial charge in [0.25, 0.3) is 0 Å². The zero-order chi connectivity index (χ0) is 15.2. The Balaban J connectivity index is 2.26. The lowest BCUT2D eigenvalue weighted by atomic mass is 10.00. The Labute approximate surface area is 123 Å². The molecule has 2 aromatic rings. The molecule has 21 heavy (non-hydrogen) atoms. The van der Waals surface area contributed by atoms with Crippen molar-refractivity contribution >= 4 is 11.8 Å². The van der Waals surface area contributed by atoms with Crippen LogP contribution < -0.4 is 4.89 Å². The van der Waals surface area contributed by atoms with E-state index in [2.05, 4.69) is 4.89 Å². The lowest BCUT2D eigenvalue weighted by molar-refractivity contribution is -0.211. The Morgan fingerprint density at radius 2 is 1.71 bits per heavy atom. The highest BCUT2D eigenvalue weighted by atomic mass is 17.2. The zero-order valence-electron chi connectivity index (χ0n) is 12.0. The second-order valence-electron chi connectivity index (χ2n) is 4.53. The van der Waals surface area contributed by atoms with Crippen LogP contribution in [0.1, 0.15) is 35.3 Å². The van der Waals surface area contributed by atoms with Crippen LogP contribution in [-0.2, 0) is 16.1 Å². The van der Waals surface area contributed by atoms with E-state index >= 15 is 0 Å². The van der Waals surface area contributed by atoms with Crippen molar-refractivity contribution in [3.8, 4) is 5.75 Å². The molecule has 0 saturated heterocycles. The highest BCUT2D eigenvalue weighted by Crippen LogP contribution is 2.22. The van der Waals surface area contributed by atoms with Crippen molar-refractivity contribution in [3.05, 3.63) is 65.2 Å². The first kappa shape index (κ1) is 14.8. The third-order valence-corrected chi connectivity index (χ3v) is 2.99. The zero-order valence-corrected chi connectivity index (χ0v) is 12.0. The quantitative estimate of drug-likeness (QED) is 0.480. The Hall–Kier alpha value is -2.62. The molecule has 108 valence electrons. The first-order valence-corrected chi connectivity index (χ1v) is 6.69. The highest BCUT2D eigenvalue weighted by Gasteiger charge is 2.12. The second kappa shape index (κ2) is 6.70. The van der Waals surface area contributed by atoms with Crippen LogP contribution in [-0.4, -0.2) is 11.8 Å². The molecule has 0 saturated carbocycles. The number of benzene rings is 2. The summed E-state index contributed by atoms with van der Waals surface area (Å²) in [4.78, 5) is 32.6. The fraction of sp³-hybridized carbons (Fsp3) is 0.176. The van der Waals surface area contributed by atoms with Crippen molar-refractivity contribution in [1.29, 1.82) is 0 Å². The summed E-state index contributed by atoms with van der Waals surface area (Å²) in [5.41, 5.74) is 2.01. The van der Waals surface area contributed by atoms with Gasteiger partial charge >= 0.3 is 5.97 Å². The largest absolute Gasteiger partial charge is 0.352 e. The van der Waals surface area contributed by atoms with E-state index in [4.69, 9.17) is 4.89 Å². The van der Waals surface area contributed by atoms with Gasteiger partial charge in [-0.1, -0.05) is 37.3 Å². The molecule has 0 atom stereocenters. The van der Waals surface area contributed by atoms with Crippen molar-refractivity contribution in [2.45, 2.75) is 20.3 Å². The summed E-state index contributed by atoms with van der Waals surface area (Å²) in [6.07, 6.45) is 0.659. The molecule has 0 amide bonds. The molecule has 4 nitrogen and oxygen atoms in total. The maximum atomic E-state index is 12.4. The maximum Gasteiger partial charge on any atom is 0.352 e. The third kappa shape index (κ3) is 3.69. The molecular weight excluding hydrogens is 268 g/mol. The molecular formula is C17H16O4. The van der Waals surface area contributed by atoms with E-state index in [-0.39, 0.29) is 5.78 Å². The summed E-state index contributed by atoms with van der Waals surface area (Å²) >= 11 is 0. The summed E-state index contributed by atoms with van der Waals surface area (Å²) in [7, 11) is 0. The monoisotopic (exact) mass is 284 g/mol. The average Bonchev–Trinajstić information content (AvgIpc) is 2.52. The number of aryl methyl sites for hydroxylation is 1. The molecule has 0 spiro atoms. The number of carbonyl (C=O) groups excluding carboxylic acids is 2. The van der Waals surface area contributed by atoms with E-state index in [1.807, 2.05) is 25.1 Å². The normalized spacial score (nSPS) is 10.0. The molecule has 0 N–H and O–H groups in total. The van der Waals surface area contributed by atoms with Crippen molar-refractivity contribution in [2.24, 2.45) is 0 Å². The smallest absolute Gasteiger partial charge is 0.289 e. The molecule has 0 aliphatic heterocycles. The third-order valence-electron chi connectivity index (χ3n) is 2.99.